The van der Waals surface area contributed by atoms with Gasteiger partial charge in [0.15, 0.2) is 0 Å². The molecule has 1 N–H and O–H groups in total. The van der Waals surface area contributed by atoms with E-state index in [9.17, 15) is 13.2 Å². The van der Waals surface area contributed by atoms with Gasteiger partial charge in [-0.2, -0.15) is 0 Å². The van der Waals surface area contributed by atoms with Crippen molar-refractivity contribution in [3.05, 3.63) is 46.8 Å². The van der Waals surface area contributed by atoms with Crippen LogP contribution in [0.15, 0.2) is 29.2 Å². The van der Waals surface area contributed by atoms with Crippen LogP contribution in [0.25, 0.3) is 0 Å². The second-order valence-corrected chi connectivity index (χ2v) is 7.55. The summed E-state index contributed by atoms with van der Waals surface area (Å²) in [5.41, 5.74) is 2.70. The minimum absolute atomic E-state index is 0.00940. The highest BCUT2D eigenvalue weighted by molar-refractivity contribution is 7.93. The molecule has 0 spiro atoms. The quantitative estimate of drug-likeness (QED) is 0.861. The minimum Gasteiger partial charge on any atom is -0.462 e. The summed E-state index contributed by atoms with van der Waals surface area (Å²) in [6, 6.07) is 7.42. The lowest BCUT2D eigenvalue weighted by atomic mass is 10.2. The largest absolute Gasteiger partial charge is 0.462 e. The molecular weight excluding hydrogens is 328 g/mol. The summed E-state index contributed by atoms with van der Waals surface area (Å²) in [7, 11) is -3.85. The van der Waals surface area contributed by atoms with E-state index in [1.807, 2.05) is 18.2 Å². The number of fused-ring (bicyclic) bond motifs is 1. The second kappa shape index (κ2) is 5.98. The summed E-state index contributed by atoms with van der Waals surface area (Å²) in [5, 5.41) is 0. The second-order valence-electron chi connectivity index (χ2n) is 5.76. The number of H-pyrrole nitrogens is 1. The Hall–Kier alpha value is -2.28. The van der Waals surface area contributed by atoms with E-state index in [4.69, 9.17) is 4.74 Å². The van der Waals surface area contributed by atoms with Gasteiger partial charge in [0.2, 0.25) is 0 Å². The number of carbonyl (C=O) groups excluding carboxylic acids is 1. The standard InChI is InChI=1S/C17H20N2O4S/c1-4-23-17(20)15-11(2)18-12(3)16(15)24(21,22)19-10-9-13-7-5-6-8-14(13)19/h5-8,18H,4,9-10H2,1-3H3. The van der Waals surface area contributed by atoms with Crippen LogP contribution < -0.4 is 4.31 Å². The molecule has 0 saturated carbocycles. The maximum atomic E-state index is 13.3. The SMILES string of the molecule is CCOC(=O)c1c(C)[nH]c(C)c1S(=O)(=O)N1CCc2ccccc21. The molecule has 6 nitrogen and oxygen atoms in total. The van der Waals surface area contributed by atoms with Crippen molar-refractivity contribution in [3.63, 3.8) is 0 Å². The van der Waals surface area contributed by atoms with Crippen molar-refractivity contribution in [1.29, 1.82) is 0 Å². The van der Waals surface area contributed by atoms with Crippen molar-refractivity contribution >= 4 is 21.7 Å². The third kappa shape index (κ3) is 2.49. The summed E-state index contributed by atoms with van der Waals surface area (Å²) in [4.78, 5) is 15.3. The zero-order valence-electron chi connectivity index (χ0n) is 13.9. The molecule has 0 radical (unpaired) electrons. The fourth-order valence-corrected chi connectivity index (χ4v) is 5.12. The summed E-state index contributed by atoms with van der Waals surface area (Å²) in [5.74, 6) is -0.620. The molecule has 1 aliphatic heterocycles. The number of anilines is 1. The number of ether oxygens (including phenoxy) is 1. The predicted molar refractivity (Wildman–Crippen MR) is 90.9 cm³/mol. The molecule has 2 aromatic rings. The van der Waals surface area contributed by atoms with Gasteiger partial charge >= 0.3 is 5.97 Å². The van der Waals surface area contributed by atoms with Crippen LogP contribution in [0.4, 0.5) is 5.69 Å². The molecule has 0 aliphatic carbocycles. The van der Waals surface area contributed by atoms with E-state index >= 15 is 0 Å². The van der Waals surface area contributed by atoms with Gasteiger partial charge < -0.3 is 9.72 Å². The molecule has 0 bridgehead atoms. The monoisotopic (exact) mass is 348 g/mol. The number of aryl methyl sites for hydroxylation is 2. The first-order valence-corrected chi connectivity index (χ1v) is 9.28. The van der Waals surface area contributed by atoms with Gasteiger partial charge in [0.25, 0.3) is 10.0 Å². The average molecular weight is 348 g/mol. The van der Waals surface area contributed by atoms with Crippen LogP contribution in [0, 0.1) is 13.8 Å². The van der Waals surface area contributed by atoms with Crippen molar-refractivity contribution in [2.24, 2.45) is 0 Å². The first kappa shape index (κ1) is 16.6. The summed E-state index contributed by atoms with van der Waals surface area (Å²) >= 11 is 0. The van der Waals surface area contributed by atoms with Gasteiger partial charge in [0.1, 0.15) is 10.5 Å². The Bertz CT molecular complexity index is 899. The molecule has 0 unspecified atom stereocenters. The van der Waals surface area contributed by atoms with Crippen LogP contribution in [0.5, 0.6) is 0 Å². The molecule has 0 saturated heterocycles. The number of nitrogens with zero attached hydrogens (tertiary/aromatic N) is 1. The number of para-hydroxylation sites is 1. The van der Waals surface area contributed by atoms with E-state index in [1.54, 1.807) is 26.8 Å². The fourth-order valence-electron chi connectivity index (χ4n) is 3.20. The van der Waals surface area contributed by atoms with Crippen molar-refractivity contribution in [3.8, 4) is 0 Å². The molecule has 1 aromatic carbocycles. The Labute approximate surface area is 141 Å². The Morgan fingerprint density at radius 2 is 1.96 bits per heavy atom. The van der Waals surface area contributed by atoms with E-state index < -0.39 is 16.0 Å². The summed E-state index contributed by atoms with van der Waals surface area (Å²) in [6.07, 6.45) is 0.659. The van der Waals surface area contributed by atoms with Crippen molar-refractivity contribution in [2.45, 2.75) is 32.1 Å². The summed E-state index contributed by atoms with van der Waals surface area (Å²) in [6.45, 7) is 5.58. The number of nitrogens with one attached hydrogen (secondary N) is 1. The average Bonchev–Trinajstić information content (AvgIpc) is 3.08. The number of aromatic amines is 1. The molecule has 0 atom stereocenters. The maximum Gasteiger partial charge on any atom is 0.341 e. The Morgan fingerprint density at radius 3 is 2.67 bits per heavy atom. The van der Waals surface area contributed by atoms with Gasteiger partial charge in [0, 0.05) is 17.9 Å². The molecule has 24 heavy (non-hydrogen) atoms. The fraction of sp³-hybridized carbons (Fsp3) is 0.353. The third-order valence-corrected chi connectivity index (χ3v) is 6.18. The predicted octanol–water partition coefficient (Wildman–Crippen LogP) is 2.56. The number of esters is 1. The molecule has 128 valence electrons. The van der Waals surface area contributed by atoms with E-state index in [0.29, 0.717) is 30.0 Å². The number of sulfonamides is 1. The Balaban J connectivity index is 2.14. The van der Waals surface area contributed by atoms with E-state index in [-0.39, 0.29) is 17.1 Å². The van der Waals surface area contributed by atoms with Gasteiger partial charge in [-0.3, -0.25) is 4.31 Å². The number of carbonyl (C=O) groups is 1. The highest BCUT2D eigenvalue weighted by Crippen LogP contribution is 2.35. The van der Waals surface area contributed by atoms with Gasteiger partial charge in [-0.05, 0) is 38.8 Å². The lowest BCUT2D eigenvalue weighted by molar-refractivity contribution is 0.0521. The van der Waals surface area contributed by atoms with Gasteiger partial charge in [-0.25, -0.2) is 13.2 Å². The third-order valence-electron chi connectivity index (χ3n) is 4.19. The highest BCUT2D eigenvalue weighted by atomic mass is 32.2. The van der Waals surface area contributed by atoms with Crippen LogP contribution in [0.2, 0.25) is 0 Å². The van der Waals surface area contributed by atoms with Gasteiger partial charge in [0.05, 0.1) is 12.3 Å². The van der Waals surface area contributed by atoms with Crippen molar-refractivity contribution < 1.29 is 17.9 Å². The summed E-state index contributed by atoms with van der Waals surface area (Å²) < 4.78 is 32.9. The zero-order chi connectivity index (χ0) is 17.5. The lowest BCUT2D eigenvalue weighted by Gasteiger charge is -2.20. The Kier molecular flexibility index (Phi) is 4.13. The van der Waals surface area contributed by atoms with Gasteiger partial charge in [-0.15, -0.1) is 0 Å². The first-order valence-electron chi connectivity index (χ1n) is 7.84. The van der Waals surface area contributed by atoms with E-state index in [1.165, 1.54) is 4.31 Å². The molecule has 3 rings (SSSR count). The number of rotatable bonds is 4. The molecule has 2 heterocycles. The molecule has 0 fully saturated rings. The topological polar surface area (TPSA) is 79.5 Å². The maximum absolute atomic E-state index is 13.3. The lowest BCUT2D eigenvalue weighted by Crippen LogP contribution is -2.30. The highest BCUT2D eigenvalue weighted by Gasteiger charge is 2.37. The first-order chi connectivity index (χ1) is 11.4. The van der Waals surface area contributed by atoms with Crippen LogP contribution in [0.3, 0.4) is 0 Å². The number of hydrogen-bond donors (Lipinski definition) is 1. The zero-order valence-corrected chi connectivity index (χ0v) is 14.7. The molecular formula is C17H20N2O4S. The molecule has 7 heteroatoms. The minimum atomic E-state index is -3.85. The van der Waals surface area contributed by atoms with Crippen LogP contribution in [0.1, 0.15) is 34.2 Å². The van der Waals surface area contributed by atoms with Crippen molar-refractivity contribution in [1.82, 2.24) is 4.98 Å². The number of benzene rings is 1. The molecule has 1 aromatic heterocycles. The molecule has 1 aliphatic rings. The van der Waals surface area contributed by atoms with Crippen molar-refractivity contribution in [2.75, 3.05) is 17.5 Å². The number of hydrogen-bond acceptors (Lipinski definition) is 4. The van der Waals surface area contributed by atoms with Crippen LogP contribution in [-0.2, 0) is 21.2 Å². The normalized spacial score (nSPS) is 13.9. The van der Waals surface area contributed by atoms with E-state index in [2.05, 4.69) is 4.98 Å². The number of aromatic nitrogens is 1. The van der Waals surface area contributed by atoms with Crippen LogP contribution >= 0.6 is 0 Å². The van der Waals surface area contributed by atoms with Gasteiger partial charge in [-0.1, -0.05) is 18.2 Å². The van der Waals surface area contributed by atoms with E-state index in [0.717, 1.165) is 5.56 Å². The Morgan fingerprint density at radius 1 is 1.25 bits per heavy atom. The van der Waals surface area contributed by atoms with Crippen LogP contribution in [-0.4, -0.2) is 32.5 Å². The smallest absolute Gasteiger partial charge is 0.341 e. The molecule has 0 amide bonds.